The van der Waals surface area contributed by atoms with E-state index < -0.39 is 0 Å². The smallest absolute Gasteiger partial charge is 0.0169 e. The Morgan fingerprint density at radius 3 is 2.60 bits per heavy atom. The van der Waals surface area contributed by atoms with Crippen LogP contribution in [0.1, 0.15) is 34.1 Å². The first-order valence-electron chi connectivity index (χ1n) is 4.07. The molecule has 1 N–H and O–H groups in total. The molecule has 10 heavy (non-hydrogen) atoms. The fraction of sp³-hybridized carbons (Fsp3) is 0.778. The molecule has 0 saturated carbocycles. The van der Waals surface area contributed by atoms with Crippen LogP contribution in [0.4, 0.5) is 0 Å². The minimum Gasteiger partial charge on any atom is -0.389 e. The molecule has 0 heterocycles. The maximum atomic E-state index is 3.34. The molecule has 1 heteroatoms. The monoisotopic (exact) mass is 141 g/mol. The van der Waals surface area contributed by atoms with Crippen molar-refractivity contribution in [1.29, 1.82) is 0 Å². The van der Waals surface area contributed by atoms with E-state index in [0.717, 1.165) is 12.5 Å². The maximum absolute atomic E-state index is 3.34. The summed E-state index contributed by atoms with van der Waals surface area (Å²) < 4.78 is 0. The number of hydrogen-bond donors (Lipinski definition) is 1. The Kier molecular flexibility index (Phi) is 5.09. The van der Waals surface area contributed by atoms with Gasteiger partial charge in [0.05, 0.1) is 0 Å². The summed E-state index contributed by atoms with van der Waals surface area (Å²) in [5.74, 6) is 0.787. The third kappa shape index (κ3) is 4.42. The largest absolute Gasteiger partial charge is 0.389 e. The number of hydrogen-bond acceptors (Lipinski definition) is 1. The Hall–Kier alpha value is -0.460. The Bertz CT molecular complexity index is 105. The predicted molar refractivity (Wildman–Crippen MR) is 46.9 cm³/mol. The van der Waals surface area contributed by atoms with Crippen LogP contribution in [-0.2, 0) is 0 Å². The summed E-state index contributed by atoms with van der Waals surface area (Å²) in [6.45, 7) is 9.74. The van der Waals surface area contributed by atoms with Crippen LogP contribution >= 0.6 is 0 Å². The fourth-order valence-corrected chi connectivity index (χ4v) is 0.582. The molecule has 0 amide bonds. The molecule has 0 aromatic heterocycles. The quantitative estimate of drug-likeness (QED) is 0.634. The summed E-state index contributed by atoms with van der Waals surface area (Å²) >= 11 is 0. The molecular weight excluding hydrogens is 122 g/mol. The zero-order valence-corrected chi connectivity index (χ0v) is 7.57. The minimum absolute atomic E-state index is 0.787. The highest BCUT2D eigenvalue weighted by atomic mass is 14.9. The second-order valence-corrected chi connectivity index (χ2v) is 2.87. The molecule has 0 aromatic rings. The highest BCUT2D eigenvalue weighted by Crippen LogP contribution is 1.98. The lowest BCUT2D eigenvalue weighted by molar-refractivity contribution is 0.529. The summed E-state index contributed by atoms with van der Waals surface area (Å²) in [5, 5.41) is 3.34. The molecule has 0 aliphatic heterocycles. The molecule has 1 nitrogen and oxygen atoms in total. The summed E-state index contributed by atoms with van der Waals surface area (Å²) in [7, 11) is 0. The zero-order chi connectivity index (χ0) is 7.98. The van der Waals surface area contributed by atoms with E-state index in [4.69, 9.17) is 0 Å². The Labute approximate surface area is 64.5 Å². The zero-order valence-electron chi connectivity index (χ0n) is 7.57. The van der Waals surface area contributed by atoms with E-state index >= 15 is 0 Å². The van der Waals surface area contributed by atoms with Gasteiger partial charge in [0.2, 0.25) is 0 Å². The average molecular weight is 141 g/mol. The van der Waals surface area contributed by atoms with Crippen LogP contribution in [0.25, 0.3) is 0 Å². The van der Waals surface area contributed by atoms with Gasteiger partial charge in [0.1, 0.15) is 0 Å². The summed E-state index contributed by atoms with van der Waals surface area (Å²) in [4.78, 5) is 0. The van der Waals surface area contributed by atoms with Crippen LogP contribution in [0.5, 0.6) is 0 Å². The SMILES string of the molecule is C/C=C(/C)NCC(C)CC. The normalized spacial score (nSPS) is 15.0. The van der Waals surface area contributed by atoms with Gasteiger partial charge in [-0.3, -0.25) is 0 Å². The standard InChI is InChI=1S/C9H19N/c1-5-8(3)7-10-9(4)6-2/h6,8,10H,5,7H2,1-4H3/b9-6-. The van der Waals surface area contributed by atoms with Gasteiger partial charge < -0.3 is 5.32 Å². The molecule has 0 aliphatic carbocycles. The van der Waals surface area contributed by atoms with Crippen molar-refractivity contribution >= 4 is 0 Å². The molecule has 0 aliphatic rings. The van der Waals surface area contributed by atoms with Crippen molar-refractivity contribution in [1.82, 2.24) is 5.32 Å². The van der Waals surface area contributed by atoms with Gasteiger partial charge >= 0.3 is 0 Å². The minimum atomic E-state index is 0.787. The van der Waals surface area contributed by atoms with Gasteiger partial charge in [0.15, 0.2) is 0 Å². The predicted octanol–water partition coefficient (Wildman–Crippen LogP) is 2.55. The molecular formula is C9H19N. The third-order valence-electron chi connectivity index (χ3n) is 1.86. The highest BCUT2D eigenvalue weighted by molar-refractivity contribution is 4.92. The van der Waals surface area contributed by atoms with E-state index in [1.165, 1.54) is 12.1 Å². The third-order valence-corrected chi connectivity index (χ3v) is 1.86. The van der Waals surface area contributed by atoms with Crippen LogP contribution in [0.15, 0.2) is 11.8 Å². The first-order valence-corrected chi connectivity index (χ1v) is 4.07. The van der Waals surface area contributed by atoms with E-state index in [2.05, 4.69) is 39.1 Å². The van der Waals surface area contributed by atoms with Gasteiger partial charge in [-0.05, 0) is 19.8 Å². The van der Waals surface area contributed by atoms with Gasteiger partial charge in [-0.2, -0.15) is 0 Å². The Balaban J connectivity index is 3.35. The van der Waals surface area contributed by atoms with Gasteiger partial charge in [-0.15, -0.1) is 0 Å². The lowest BCUT2D eigenvalue weighted by atomic mass is 10.1. The first kappa shape index (κ1) is 9.54. The van der Waals surface area contributed by atoms with E-state index in [9.17, 15) is 0 Å². The van der Waals surface area contributed by atoms with Crippen LogP contribution in [0.2, 0.25) is 0 Å². The van der Waals surface area contributed by atoms with E-state index in [1.54, 1.807) is 0 Å². The van der Waals surface area contributed by atoms with Gasteiger partial charge in [-0.1, -0.05) is 26.3 Å². The van der Waals surface area contributed by atoms with Crippen molar-refractivity contribution in [3.05, 3.63) is 11.8 Å². The van der Waals surface area contributed by atoms with Crippen molar-refractivity contribution in [2.75, 3.05) is 6.54 Å². The Morgan fingerprint density at radius 1 is 1.60 bits per heavy atom. The van der Waals surface area contributed by atoms with E-state index in [0.29, 0.717) is 0 Å². The Morgan fingerprint density at radius 2 is 2.20 bits per heavy atom. The summed E-state index contributed by atoms with van der Waals surface area (Å²) in [6.07, 6.45) is 3.35. The fourth-order valence-electron chi connectivity index (χ4n) is 0.582. The number of nitrogens with one attached hydrogen (secondary N) is 1. The van der Waals surface area contributed by atoms with Crippen LogP contribution in [0, 0.1) is 5.92 Å². The maximum Gasteiger partial charge on any atom is 0.0169 e. The lowest BCUT2D eigenvalue weighted by Crippen LogP contribution is -2.18. The molecule has 1 unspecified atom stereocenters. The van der Waals surface area contributed by atoms with Crippen LogP contribution in [-0.4, -0.2) is 6.54 Å². The molecule has 0 rings (SSSR count). The molecule has 0 radical (unpaired) electrons. The van der Waals surface area contributed by atoms with Crippen molar-refractivity contribution in [2.45, 2.75) is 34.1 Å². The highest BCUT2D eigenvalue weighted by Gasteiger charge is 1.95. The van der Waals surface area contributed by atoms with Crippen LogP contribution < -0.4 is 5.32 Å². The summed E-state index contributed by atoms with van der Waals surface area (Å²) in [5.41, 5.74) is 1.28. The van der Waals surface area contributed by atoms with Crippen molar-refractivity contribution < 1.29 is 0 Å². The molecule has 0 bridgehead atoms. The second kappa shape index (κ2) is 5.33. The van der Waals surface area contributed by atoms with Crippen molar-refractivity contribution in [3.8, 4) is 0 Å². The molecule has 60 valence electrons. The topological polar surface area (TPSA) is 12.0 Å². The van der Waals surface area contributed by atoms with E-state index in [1.807, 2.05) is 0 Å². The lowest BCUT2D eigenvalue weighted by Gasteiger charge is -2.10. The number of rotatable bonds is 4. The van der Waals surface area contributed by atoms with Gasteiger partial charge in [0, 0.05) is 12.2 Å². The average Bonchev–Trinajstić information content (AvgIpc) is 1.99. The van der Waals surface area contributed by atoms with Gasteiger partial charge in [-0.25, -0.2) is 0 Å². The molecule has 0 fully saturated rings. The molecule has 0 saturated heterocycles. The van der Waals surface area contributed by atoms with Crippen molar-refractivity contribution in [2.24, 2.45) is 5.92 Å². The number of allylic oxidation sites excluding steroid dienone is 2. The first-order chi connectivity index (χ1) is 4.70. The molecule has 0 aromatic carbocycles. The molecule has 0 spiro atoms. The van der Waals surface area contributed by atoms with Crippen molar-refractivity contribution in [3.63, 3.8) is 0 Å². The molecule has 1 atom stereocenters. The summed E-state index contributed by atoms with van der Waals surface area (Å²) in [6, 6.07) is 0. The van der Waals surface area contributed by atoms with Gasteiger partial charge in [0.25, 0.3) is 0 Å². The second-order valence-electron chi connectivity index (χ2n) is 2.87. The van der Waals surface area contributed by atoms with E-state index in [-0.39, 0.29) is 0 Å². The van der Waals surface area contributed by atoms with Crippen LogP contribution in [0.3, 0.4) is 0 Å².